The first kappa shape index (κ1) is 25.1. The largest absolute Gasteiger partial charge is 0.486 e. The molecule has 9 nitrogen and oxygen atoms in total. The van der Waals surface area contributed by atoms with Crippen LogP contribution in [-0.4, -0.2) is 39.6 Å². The molecule has 1 amide bonds. The summed E-state index contributed by atoms with van der Waals surface area (Å²) in [6.07, 6.45) is -1.11. The summed E-state index contributed by atoms with van der Waals surface area (Å²) in [7, 11) is -4.07. The highest BCUT2D eigenvalue weighted by Crippen LogP contribution is 2.33. The number of rotatable bonds is 8. The second kappa shape index (κ2) is 10.7. The average molecular weight is 511 g/mol. The lowest BCUT2D eigenvalue weighted by molar-refractivity contribution is -0.129. The first-order valence-corrected chi connectivity index (χ1v) is 12.8. The molecule has 0 bridgehead atoms. The van der Waals surface area contributed by atoms with Crippen LogP contribution in [0.4, 0.5) is 5.69 Å². The van der Waals surface area contributed by atoms with Crippen LogP contribution >= 0.6 is 0 Å². The number of hydrogen-bond acceptors (Lipinski definition) is 7. The molecule has 4 rings (SSSR count). The van der Waals surface area contributed by atoms with Crippen LogP contribution in [0.3, 0.4) is 0 Å². The van der Waals surface area contributed by atoms with E-state index >= 15 is 0 Å². The predicted octanol–water partition coefficient (Wildman–Crippen LogP) is 3.68. The standard InChI is InChI=1S/C26H26N2O7S/c1-17(19-8-4-3-5-9-19)27-25(29)18(2)35-26(30)21-10-6-7-11-22(21)28-36(31,32)20-12-13-23-24(16-20)34-15-14-33-23/h3-13,16-18,28H,14-15H2,1-2H3,(H,27,29)/t17-,18+/m0/s1. The third-order valence-corrected chi connectivity index (χ3v) is 6.89. The van der Waals surface area contributed by atoms with Gasteiger partial charge in [-0.25, -0.2) is 13.2 Å². The van der Waals surface area contributed by atoms with Gasteiger partial charge in [0, 0.05) is 6.07 Å². The predicted molar refractivity (Wildman–Crippen MR) is 133 cm³/mol. The molecule has 1 aliphatic rings. The van der Waals surface area contributed by atoms with Crippen LogP contribution in [0.15, 0.2) is 77.7 Å². The lowest BCUT2D eigenvalue weighted by Gasteiger charge is -2.20. The highest BCUT2D eigenvalue weighted by atomic mass is 32.2. The maximum atomic E-state index is 13.0. The Hall–Kier alpha value is -4.05. The molecule has 1 aliphatic heterocycles. The molecule has 0 unspecified atom stereocenters. The van der Waals surface area contributed by atoms with Crippen molar-refractivity contribution in [3.63, 3.8) is 0 Å². The normalized spacial score (nSPS) is 14.3. The van der Waals surface area contributed by atoms with Gasteiger partial charge >= 0.3 is 5.97 Å². The summed E-state index contributed by atoms with van der Waals surface area (Å²) < 4.78 is 44.7. The van der Waals surface area contributed by atoms with Crippen molar-refractivity contribution in [2.24, 2.45) is 0 Å². The van der Waals surface area contributed by atoms with E-state index in [1.807, 2.05) is 37.3 Å². The van der Waals surface area contributed by atoms with E-state index in [-0.39, 0.29) is 22.2 Å². The molecule has 0 saturated heterocycles. The summed E-state index contributed by atoms with van der Waals surface area (Å²) in [4.78, 5) is 25.4. The topological polar surface area (TPSA) is 120 Å². The number of carbonyl (C=O) groups is 2. The van der Waals surface area contributed by atoms with E-state index in [1.165, 1.54) is 37.3 Å². The van der Waals surface area contributed by atoms with Gasteiger partial charge in [0.15, 0.2) is 17.6 Å². The van der Waals surface area contributed by atoms with Gasteiger partial charge in [0.25, 0.3) is 15.9 Å². The quantitative estimate of drug-likeness (QED) is 0.444. The van der Waals surface area contributed by atoms with Crippen molar-refractivity contribution in [3.8, 4) is 11.5 Å². The molecule has 36 heavy (non-hydrogen) atoms. The van der Waals surface area contributed by atoms with Crippen molar-refractivity contribution in [2.45, 2.75) is 30.9 Å². The number of amides is 1. The highest BCUT2D eigenvalue weighted by molar-refractivity contribution is 7.92. The molecule has 0 radical (unpaired) electrons. The van der Waals surface area contributed by atoms with E-state index in [9.17, 15) is 18.0 Å². The molecule has 0 aliphatic carbocycles. The van der Waals surface area contributed by atoms with Crippen molar-refractivity contribution >= 4 is 27.6 Å². The SMILES string of the molecule is C[C@H](NC(=O)[C@@H](C)OC(=O)c1ccccc1NS(=O)(=O)c1ccc2c(c1)OCCO2)c1ccccc1. The molecule has 10 heteroatoms. The molecular weight excluding hydrogens is 484 g/mol. The Kier molecular flexibility index (Phi) is 7.44. The fourth-order valence-electron chi connectivity index (χ4n) is 3.58. The van der Waals surface area contributed by atoms with E-state index < -0.39 is 28.0 Å². The summed E-state index contributed by atoms with van der Waals surface area (Å²) in [5, 5.41) is 2.80. The fraction of sp³-hybridized carbons (Fsp3) is 0.231. The number of ether oxygens (including phenoxy) is 3. The third kappa shape index (κ3) is 5.77. The van der Waals surface area contributed by atoms with E-state index in [4.69, 9.17) is 14.2 Å². The maximum Gasteiger partial charge on any atom is 0.341 e. The third-order valence-electron chi connectivity index (χ3n) is 5.53. The zero-order valence-corrected chi connectivity index (χ0v) is 20.6. The van der Waals surface area contributed by atoms with Crippen molar-refractivity contribution in [1.29, 1.82) is 0 Å². The number of esters is 1. The van der Waals surface area contributed by atoms with Crippen LogP contribution in [-0.2, 0) is 19.6 Å². The first-order valence-electron chi connectivity index (χ1n) is 11.3. The van der Waals surface area contributed by atoms with Crippen molar-refractivity contribution in [1.82, 2.24) is 5.32 Å². The van der Waals surface area contributed by atoms with E-state index in [0.29, 0.717) is 24.7 Å². The summed E-state index contributed by atoms with van der Waals surface area (Å²) in [5.74, 6) is -0.543. The van der Waals surface area contributed by atoms with Gasteiger partial charge in [-0.2, -0.15) is 0 Å². The molecule has 1 heterocycles. The Morgan fingerprint density at radius 2 is 1.56 bits per heavy atom. The van der Waals surface area contributed by atoms with Crippen molar-refractivity contribution in [3.05, 3.63) is 83.9 Å². The van der Waals surface area contributed by atoms with Crippen LogP contribution in [0.1, 0.15) is 35.8 Å². The average Bonchev–Trinajstić information content (AvgIpc) is 2.88. The molecule has 2 atom stereocenters. The van der Waals surface area contributed by atoms with Gasteiger partial charge in [-0.05, 0) is 43.7 Å². The Morgan fingerprint density at radius 3 is 2.31 bits per heavy atom. The fourth-order valence-corrected chi connectivity index (χ4v) is 4.67. The molecule has 3 aromatic rings. The molecule has 3 aromatic carbocycles. The monoisotopic (exact) mass is 510 g/mol. The minimum absolute atomic E-state index is 0.0163. The molecule has 0 fully saturated rings. The van der Waals surface area contributed by atoms with Gasteiger partial charge in [-0.3, -0.25) is 9.52 Å². The minimum atomic E-state index is -4.07. The molecule has 2 N–H and O–H groups in total. The number of benzene rings is 3. The summed E-state index contributed by atoms with van der Waals surface area (Å²) in [5.41, 5.74) is 0.889. The van der Waals surface area contributed by atoms with Gasteiger partial charge in [0.2, 0.25) is 0 Å². The zero-order valence-electron chi connectivity index (χ0n) is 19.8. The van der Waals surface area contributed by atoms with Crippen LogP contribution in [0, 0.1) is 0 Å². The van der Waals surface area contributed by atoms with Crippen LogP contribution in [0.2, 0.25) is 0 Å². The van der Waals surface area contributed by atoms with Gasteiger partial charge in [0.05, 0.1) is 22.2 Å². The Labute approximate surface area is 209 Å². The van der Waals surface area contributed by atoms with Gasteiger partial charge in [-0.1, -0.05) is 42.5 Å². The number of para-hydroxylation sites is 1. The number of sulfonamides is 1. The smallest absolute Gasteiger partial charge is 0.341 e. The molecule has 0 spiro atoms. The summed E-state index contributed by atoms with van der Waals surface area (Å²) >= 11 is 0. The van der Waals surface area contributed by atoms with Gasteiger partial charge < -0.3 is 19.5 Å². The second-order valence-corrected chi connectivity index (χ2v) is 9.83. The Bertz CT molecular complexity index is 1360. The van der Waals surface area contributed by atoms with Crippen molar-refractivity contribution in [2.75, 3.05) is 17.9 Å². The van der Waals surface area contributed by atoms with Crippen molar-refractivity contribution < 1.29 is 32.2 Å². The van der Waals surface area contributed by atoms with Gasteiger partial charge in [0.1, 0.15) is 13.2 Å². The Morgan fingerprint density at radius 1 is 0.889 bits per heavy atom. The Balaban J connectivity index is 1.45. The summed E-state index contributed by atoms with van der Waals surface area (Å²) in [6, 6.07) is 19.3. The number of anilines is 1. The second-order valence-electron chi connectivity index (χ2n) is 8.15. The lowest BCUT2D eigenvalue weighted by Crippen LogP contribution is -2.37. The van der Waals surface area contributed by atoms with Gasteiger partial charge in [-0.15, -0.1) is 0 Å². The first-order chi connectivity index (χ1) is 17.2. The van der Waals surface area contributed by atoms with Crippen LogP contribution < -0.4 is 19.5 Å². The highest BCUT2D eigenvalue weighted by Gasteiger charge is 2.25. The minimum Gasteiger partial charge on any atom is -0.486 e. The van der Waals surface area contributed by atoms with E-state index in [2.05, 4.69) is 10.0 Å². The van der Waals surface area contributed by atoms with E-state index in [0.717, 1.165) is 5.56 Å². The van der Waals surface area contributed by atoms with Crippen LogP contribution in [0.25, 0.3) is 0 Å². The molecule has 0 saturated carbocycles. The maximum absolute atomic E-state index is 13.0. The van der Waals surface area contributed by atoms with Crippen LogP contribution in [0.5, 0.6) is 11.5 Å². The summed E-state index contributed by atoms with van der Waals surface area (Å²) in [6.45, 7) is 3.97. The molecular formula is C26H26N2O7S. The zero-order chi connectivity index (χ0) is 25.7. The molecule has 188 valence electrons. The lowest BCUT2D eigenvalue weighted by atomic mass is 10.1. The van der Waals surface area contributed by atoms with E-state index in [1.54, 1.807) is 12.1 Å². The molecule has 0 aromatic heterocycles. The number of carbonyl (C=O) groups excluding carboxylic acids is 2. The number of hydrogen-bond donors (Lipinski definition) is 2. The number of nitrogens with one attached hydrogen (secondary N) is 2. The number of fused-ring (bicyclic) bond motifs is 1.